The van der Waals surface area contributed by atoms with Crippen LogP contribution in [0.3, 0.4) is 0 Å². The number of phenols is 1. The van der Waals surface area contributed by atoms with Gasteiger partial charge in [-0.1, -0.05) is 6.07 Å². The Hall–Kier alpha value is -2.78. The number of nitrogens with zero attached hydrogens (tertiary/aromatic N) is 2. The molecule has 2 rings (SSSR count). The van der Waals surface area contributed by atoms with Gasteiger partial charge >= 0.3 is 0 Å². The summed E-state index contributed by atoms with van der Waals surface area (Å²) in [5, 5.41) is 20.5. The maximum absolute atomic E-state index is 11.9. The van der Waals surface area contributed by atoms with E-state index < -0.39 is 14.9 Å². The monoisotopic (exact) mass is 349 g/mol. The van der Waals surface area contributed by atoms with E-state index in [-0.39, 0.29) is 21.9 Å². The van der Waals surface area contributed by atoms with Gasteiger partial charge in [-0.05, 0) is 37.7 Å². The SMILES string of the molecule is CNS(=O)(=O)c1cc(N=Cc2cc([N+](=O)[O-])ccc2O)ccc1C. The van der Waals surface area contributed by atoms with E-state index in [1.807, 2.05) is 0 Å². The highest BCUT2D eigenvalue weighted by atomic mass is 32.2. The number of nitro groups is 1. The van der Waals surface area contributed by atoms with Gasteiger partial charge in [0.05, 0.1) is 15.5 Å². The molecule has 0 heterocycles. The Kier molecular flexibility index (Phi) is 4.96. The van der Waals surface area contributed by atoms with Gasteiger partial charge in [-0.15, -0.1) is 0 Å². The van der Waals surface area contributed by atoms with Crippen LogP contribution in [-0.2, 0) is 10.0 Å². The van der Waals surface area contributed by atoms with E-state index in [2.05, 4.69) is 9.71 Å². The third-order valence-electron chi connectivity index (χ3n) is 3.30. The average Bonchev–Trinajstić information content (AvgIpc) is 2.54. The van der Waals surface area contributed by atoms with Crippen LogP contribution in [0.25, 0.3) is 0 Å². The number of aromatic hydroxyl groups is 1. The molecule has 0 unspecified atom stereocenters. The summed E-state index contributed by atoms with van der Waals surface area (Å²) in [7, 11) is -2.31. The van der Waals surface area contributed by atoms with Crippen LogP contribution in [0.5, 0.6) is 5.75 Å². The maximum atomic E-state index is 11.9. The van der Waals surface area contributed by atoms with E-state index in [0.717, 1.165) is 0 Å². The second kappa shape index (κ2) is 6.77. The van der Waals surface area contributed by atoms with Crippen LogP contribution in [0.4, 0.5) is 11.4 Å². The van der Waals surface area contributed by atoms with Gasteiger partial charge < -0.3 is 5.11 Å². The molecule has 0 aliphatic heterocycles. The highest BCUT2D eigenvalue weighted by Gasteiger charge is 2.15. The van der Waals surface area contributed by atoms with Crippen molar-refractivity contribution in [3.63, 3.8) is 0 Å². The number of rotatable bonds is 5. The molecule has 0 saturated heterocycles. The van der Waals surface area contributed by atoms with Gasteiger partial charge in [0, 0.05) is 23.9 Å². The zero-order chi connectivity index (χ0) is 17.9. The first kappa shape index (κ1) is 17.6. The fraction of sp³-hybridized carbons (Fsp3) is 0.133. The van der Waals surface area contributed by atoms with Gasteiger partial charge in [0.25, 0.3) is 5.69 Å². The Morgan fingerprint density at radius 1 is 1.25 bits per heavy atom. The first-order chi connectivity index (χ1) is 11.2. The molecule has 0 saturated carbocycles. The number of sulfonamides is 1. The van der Waals surface area contributed by atoms with Crippen LogP contribution in [0.1, 0.15) is 11.1 Å². The zero-order valence-electron chi connectivity index (χ0n) is 12.9. The predicted molar refractivity (Wildman–Crippen MR) is 89.4 cm³/mol. The van der Waals surface area contributed by atoms with Crippen LogP contribution in [-0.4, -0.2) is 31.7 Å². The predicted octanol–water partition coefficient (Wildman–Crippen LogP) is 2.27. The largest absolute Gasteiger partial charge is 0.507 e. The fourth-order valence-corrected chi connectivity index (χ4v) is 2.96. The lowest BCUT2D eigenvalue weighted by atomic mass is 10.2. The molecule has 0 aromatic heterocycles. The number of hydrogen-bond donors (Lipinski definition) is 2. The number of aryl methyl sites for hydroxylation is 1. The van der Waals surface area contributed by atoms with E-state index in [9.17, 15) is 23.6 Å². The molecule has 126 valence electrons. The van der Waals surface area contributed by atoms with E-state index in [1.54, 1.807) is 19.1 Å². The van der Waals surface area contributed by atoms with Crippen LogP contribution in [0.2, 0.25) is 0 Å². The van der Waals surface area contributed by atoms with Crippen molar-refractivity contribution in [1.82, 2.24) is 4.72 Å². The molecule has 0 bridgehead atoms. The van der Waals surface area contributed by atoms with Gasteiger partial charge in [0.2, 0.25) is 10.0 Å². The van der Waals surface area contributed by atoms with Crippen molar-refractivity contribution in [3.8, 4) is 5.75 Å². The number of benzene rings is 2. The van der Waals surface area contributed by atoms with Crippen LogP contribution in [0.15, 0.2) is 46.3 Å². The minimum atomic E-state index is -3.62. The summed E-state index contributed by atoms with van der Waals surface area (Å²) in [5.74, 6) is -0.167. The molecule has 0 fully saturated rings. The molecule has 8 nitrogen and oxygen atoms in total. The number of hydrogen-bond acceptors (Lipinski definition) is 6. The summed E-state index contributed by atoms with van der Waals surface area (Å²) in [6, 6.07) is 8.14. The lowest BCUT2D eigenvalue weighted by Crippen LogP contribution is -2.19. The topological polar surface area (TPSA) is 122 Å². The number of nitro benzene ring substituents is 1. The smallest absolute Gasteiger partial charge is 0.270 e. The molecule has 0 amide bonds. The van der Waals surface area contributed by atoms with Crippen LogP contribution in [0, 0.1) is 17.0 Å². The second-order valence-electron chi connectivity index (χ2n) is 4.92. The van der Waals surface area contributed by atoms with E-state index in [0.29, 0.717) is 11.3 Å². The molecule has 0 aliphatic carbocycles. The summed E-state index contributed by atoms with van der Waals surface area (Å²) in [6.07, 6.45) is 1.24. The Labute approximate surface area is 138 Å². The van der Waals surface area contributed by atoms with Gasteiger partial charge in [-0.2, -0.15) is 0 Å². The number of aliphatic imine (C=N–C) groups is 1. The summed E-state index contributed by atoms with van der Waals surface area (Å²) in [4.78, 5) is 14.4. The van der Waals surface area contributed by atoms with E-state index in [1.165, 1.54) is 37.5 Å². The van der Waals surface area contributed by atoms with Crippen molar-refractivity contribution in [2.75, 3.05) is 7.05 Å². The molecule has 2 N–H and O–H groups in total. The lowest BCUT2D eigenvalue weighted by Gasteiger charge is -2.07. The quantitative estimate of drug-likeness (QED) is 0.487. The number of nitrogens with one attached hydrogen (secondary N) is 1. The van der Waals surface area contributed by atoms with Gasteiger partial charge in [0.1, 0.15) is 5.75 Å². The van der Waals surface area contributed by atoms with Crippen LogP contribution < -0.4 is 4.72 Å². The average molecular weight is 349 g/mol. The number of phenolic OH excluding ortho intramolecular Hbond substituents is 1. The van der Waals surface area contributed by atoms with E-state index in [4.69, 9.17) is 0 Å². The Balaban J connectivity index is 2.42. The molecule has 0 atom stereocenters. The molecule has 0 radical (unpaired) electrons. The molecule has 24 heavy (non-hydrogen) atoms. The standard InChI is InChI=1S/C15H15N3O5S/c1-10-3-4-12(8-15(10)24(22,23)16-2)17-9-11-7-13(18(20)21)5-6-14(11)19/h3-9,16,19H,1-2H3. The van der Waals surface area contributed by atoms with Crippen molar-refractivity contribution in [2.24, 2.45) is 4.99 Å². The highest BCUT2D eigenvalue weighted by Crippen LogP contribution is 2.24. The molecule has 2 aromatic rings. The second-order valence-corrected chi connectivity index (χ2v) is 6.77. The summed E-state index contributed by atoms with van der Waals surface area (Å²) in [6.45, 7) is 1.66. The molecule has 0 aliphatic rings. The first-order valence-electron chi connectivity index (χ1n) is 6.80. The summed E-state index contributed by atoms with van der Waals surface area (Å²) in [5.41, 5.74) is 0.862. The molecule has 0 spiro atoms. The highest BCUT2D eigenvalue weighted by molar-refractivity contribution is 7.89. The third kappa shape index (κ3) is 3.76. The molecular weight excluding hydrogens is 334 g/mol. The summed E-state index contributed by atoms with van der Waals surface area (Å²) < 4.78 is 26.1. The maximum Gasteiger partial charge on any atom is 0.270 e. The van der Waals surface area contributed by atoms with Crippen molar-refractivity contribution in [1.29, 1.82) is 0 Å². The molecular formula is C15H15N3O5S. The minimum absolute atomic E-state index is 0.0860. The normalized spacial score (nSPS) is 11.8. The third-order valence-corrected chi connectivity index (χ3v) is 4.86. The Bertz CT molecular complexity index is 923. The Morgan fingerprint density at radius 3 is 2.58 bits per heavy atom. The van der Waals surface area contributed by atoms with E-state index >= 15 is 0 Å². The Morgan fingerprint density at radius 2 is 1.96 bits per heavy atom. The van der Waals surface area contributed by atoms with Gasteiger partial charge in [-0.25, -0.2) is 13.1 Å². The summed E-state index contributed by atoms with van der Waals surface area (Å²) >= 11 is 0. The minimum Gasteiger partial charge on any atom is -0.507 e. The van der Waals surface area contributed by atoms with Gasteiger partial charge in [-0.3, -0.25) is 15.1 Å². The van der Waals surface area contributed by atoms with Crippen molar-refractivity contribution >= 4 is 27.6 Å². The zero-order valence-corrected chi connectivity index (χ0v) is 13.7. The van der Waals surface area contributed by atoms with Crippen molar-refractivity contribution in [2.45, 2.75) is 11.8 Å². The first-order valence-corrected chi connectivity index (χ1v) is 8.28. The van der Waals surface area contributed by atoms with Gasteiger partial charge in [0.15, 0.2) is 0 Å². The van der Waals surface area contributed by atoms with Crippen molar-refractivity contribution in [3.05, 3.63) is 57.6 Å². The number of non-ortho nitro benzene ring substituents is 1. The molecule has 2 aromatic carbocycles. The lowest BCUT2D eigenvalue weighted by molar-refractivity contribution is -0.384. The van der Waals surface area contributed by atoms with Crippen molar-refractivity contribution < 1.29 is 18.4 Å². The fourth-order valence-electron chi connectivity index (χ4n) is 1.97. The van der Waals surface area contributed by atoms with Crippen LogP contribution >= 0.6 is 0 Å². The molecule has 9 heteroatoms.